The summed E-state index contributed by atoms with van der Waals surface area (Å²) in [6.45, 7) is 4.47. The number of pyridine rings is 1. The normalized spacial score (nSPS) is 20.9. The summed E-state index contributed by atoms with van der Waals surface area (Å²) >= 11 is 0. The van der Waals surface area contributed by atoms with Gasteiger partial charge in [0.05, 0.1) is 12.7 Å². The number of aromatic nitrogens is 1. The first-order valence-electron chi connectivity index (χ1n) is 8.03. The molecule has 0 spiro atoms. The van der Waals surface area contributed by atoms with Crippen LogP contribution in [0.5, 0.6) is 5.88 Å². The van der Waals surface area contributed by atoms with Crippen LogP contribution in [-0.4, -0.2) is 59.8 Å². The number of carboxylic acid groups (broad SMARTS) is 1. The van der Waals surface area contributed by atoms with Crippen molar-refractivity contribution in [2.45, 2.75) is 32.8 Å². The Balaban J connectivity index is 2.18. The van der Waals surface area contributed by atoms with Gasteiger partial charge in [-0.1, -0.05) is 6.07 Å². The van der Waals surface area contributed by atoms with E-state index in [1.807, 2.05) is 13.8 Å². The van der Waals surface area contributed by atoms with Crippen molar-refractivity contribution in [1.82, 2.24) is 9.88 Å². The van der Waals surface area contributed by atoms with E-state index >= 15 is 0 Å². The molecule has 1 atom stereocenters. The first kappa shape index (κ1) is 18.2. The van der Waals surface area contributed by atoms with Gasteiger partial charge in [0.25, 0.3) is 5.91 Å². The molecule has 132 valence electrons. The molecule has 1 aromatic heterocycles. The third-order valence-corrected chi connectivity index (χ3v) is 4.04. The van der Waals surface area contributed by atoms with Crippen molar-refractivity contribution < 1.29 is 24.2 Å². The summed E-state index contributed by atoms with van der Waals surface area (Å²) < 4.78 is 10.6. The van der Waals surface area contributed by atoms with Gasteiger partial charge in [-0.2, -0.15) is 0 Å². The Morgan fingerprint density at radius 1 is 1.42 bits per heavy atom. The molecule has 0 radical (unpaired) electrons. The van der Waals surface area contributed by atoms with E-state index in [0.29, 0.717) is 25.3 Å². The van der Waals surface area contributed by atoms with Crippen LogP contribution in [0, 0.1) is 5.41 Å². The smallest absolute Gasteiger partial charge is 0.313 e. The third kappa shape index (κ3) is 4.03. The second-order valence-electron chi connectivity index (χ2n) is 6.38. The number of ether oxygens (including phenoxy) is 2. The summed E-state index contributed by atoms with van der Waals surface area (Å²) in [4.78, 5) is 30.2. The van der Waals surface area contributed by atoms with E-state index in [0.717, 1.165) is 0 Å². The van der Waals surface area contributed by atoms with Gasteiger partial charge in [-0.05, 0) is 32.8 Å². The fourth-order valence-corrected chi connectivity index (χ4v) is 2.94. The Labute approximate surface area is 141 Å². The van der Waals surface area contributed by atoms with Crippen molar-refractivity contribution in [3.63, 3.8) is 0 Å². The molecular weight excluding hydrogens is 312 g/mol. The highest BCUT2D eigenvalue weighted by Crippen LogP contribution is 2.31. The lowest BCUT2D eigenvalue weighted by Crippen LogP contribution is -2.52. The van der Waals surface area contributed by atoms with Gasteiger partial charge in [0.2, 0.25) is 5.88 Å². The number of rotatable bonds is 6. The number of piperidine rings is 1. The lowest BCUT2D eigenvalue weighted by molar-refractivity contribution is -0.155. The molecule has 1 saturated heterocycles. The van der Waals surface area contributed by atoms with Crippen LogP contribution in [0.4, 0.5) is 0 Å². The molecule has 2 rings (SSSR count). The van der Waals surface area contributed by atoms with E-state index in [4.69, 9.17) is 9.47 Å². The molecule has 1 unspecified atom stereocenters. The van der Waals surface area contributed by atoms with Crippen molar-refractivity contribution in [1.29, 1.82) is 0 Å². The molecule has 1 aromatic rings. The number of carboxylic acids is 1. The number of nitrogens with zero attached hydrogens (tertiary/aromatic N) is 2. The van der Waals surface area contributed by atoms with E-state index in [2.05, 4.69) is 4.98 Å². The quantitative estimate of drug-likeness (QED) is 0.852. The summed E-state index contributed by atoms with van der Waals surface area (Å²) in [6, 6.07) is 5.02. The minimum absolute atomic E-state index is 0.0424. The van der Waals surface area contributed by atoms with E-state index < -0.39 is 11.4 Å². The lowest BCUT2D eigenvalue weighted by Gasteiger charge is -2.39. The minimum atomic E-state index is -1.06. The topological polar surface area (TPSA) is 89.0 Å². The average Bonchev–Trinajstić information content (AvgIpc) is 2.54. The van der Waals surface area contributed by atoms with Crippen LogP contribution in [0.2, 0.25) is 0 Å². The lowest BCUT2D eigenvalue weighted by atomic mass is 9.80. The number of carbonyl (C=O) groups excluding carboxylic acids is 1. The first-order chi connectivity index (χ1) is 11.4. The molecule has 7 nitrogen and oxygen atoms in total. The van der Waals surface area contributed by atoms with Crippen LogP contribution in [0.1, 0.15) is 37.2 Å². The number of hydrogen-bond acceptors (Lipinski definition) is 5. The highest BCUT2D eigenvalue weighted by atomic mass is 16.5. The third-order valence-electron chi connectivity index (χ3n) is 4.04. The van der Waals surface area contributed by atoms with Gasteiger partial charge in [-0.15, -0.1) is 0 Å². The Bertz CT molecular complexity index is 600. The zero-order valence-electron chi connectivity index (χ0n) is 14.3. The summed E-state index contributed by atoms with van der Waals surface area (Å²) in [5.41, 5.74) is -0.805. The van der Waals surface area contributed by atoms with Crippen molar-refractivity contribution in [3.8, 4) is 5.88 Å². The zero-order chi connectivity index (χ0) is 17.7. The monoisotopic (exact) mass is 336 g/mol. The molecule has 7 heteroatoms. The average molecular weight is 336 g/mol. The maximum atomic E-state index is 12.7. The molecule has 24 heavy (non-hydrogen) atoms. The Morgan fingerprint density at radius 2 is 2.17 bits per heavy atom. The minimum Gasteiger partial charge on any atom is -0.481 e. The molecular formula is C17H24N2O5. The number of amides is 1. The maximum Gasteiger partial charge on any atom is 0.313 e. The largest absolute Gasteiger partial charge is 0.481 e. The van der Waals surface area contributed by atoms with Crippen LogP contribution in [0.25, 0.3) is 0 Å². The molecule has 1 amide bonds. The molecule has 1 aliphatic heterocycles. The van der Waals surface area contributed by atoms with Gasteiger partial charge in [0.1, 0.15) is 11.1 Å². The second-order valence-corrected chi connectivity index (χ2v) is 6.38. The number of methoxy groups -OCH3 is 1. The fraction of sp³-hybridized carbons (Fsp3) is 0.588. The van der Waals surface area contributed by atoms with Crippen molar-refractivity contribution in [3.05, 3.63) is 23.9 Å². The molecule has 1 N–H and O–H groups in total. The molecule has 1 aliphatic rings. The van der Waals surface area contributed by atoms with Gasteiger partial charge in [-0.25, -0.2) is 4.98 Å². The van der Waals surface area contributed by atoms with E-state index in [1.54, 1.807) is 18.2 Å². The number of hydrogen-bond donors (Lipinski definition) is 1. The predicted octanol–water partition coefficient (Wildman–Crippen LogP) is 1.82. The van der Waals surface area contributed by atoms with Crippen LogP contribution in [0.3, 0.4) is 0 Å². The van der Waals surface area contributed by atoms with Crippen LogP contribution < -0.4 is 4.74 Å². The van der Waals surface area contributed by atoms with E-state index in [-0.39, 0.29) is 30.9 Å². The first-order valence-corrected chi connectivity index (χ1v) is 8.03. The van der Waals surface area contributed by atoms with Crippen molar-refractivity contribution in [2.24, 2.45) is 5.41 Å². The highest BCUT2D eigenvalue weighted by molar-refractivity contribution is 5.93. The number of aliphatic carboxylic acids is 1. The van der Waals surface area contributed by atoms with E-state index in [1.165, 1.54) is 12.0 Å². The SMILES string of the molecule is COCC1(C(=O)O)CCCN(C(=O)c2cccc(OC(C)C)n2)C1. The maximum absolute atomic E-state index is 12.7. The highest BCUT2D eigenvalue weighted by Gasteiger charge is 2.44. The molecule has 0 aromatic carbocycles. The number of carbonyl (C=O) groups is 2. The summed E-state index contributed by atoms with van der Waals surface area (Å²) in [6.07, 6.45) is 1.06. The Kier molecular flexibility index (Phi) is 5.77. The van der Waals surface area contributed by atoms with Gasteiger partial charge >= 0.3 is 5.97 Å². The summed E-state index contributed by atoms with van der Waals surface area (Å²) in [5.74, 6) is -0.841. The van der Waals surface area contributed by atoms with Crippen LogP contribution >= 0.6 is 0 Å². The molecule has 0 bridgehead atoms. The van der Waals surface area contributed by atoms with Gasteiger partial charge < -0.3 is 19.5 Å². The van der Waals surface area contributed by atoms with Gasteiger partial charge in [0, 0.05) is 26.3 Å². The number of likely N-dealkylation sites (tertiary alicyclic amines) is 1. The predicted molar refractivity (Wildman–Crippen MR) is 87.1 cm³/mol. The summed E-state index contributed by atoms with van der Waals surface area (Å²) in [5, 5.41) is 9.58. The van der Waals surface area contributed by atoms with E-state index in [9.17, 15) is 14.7 Å². The zero-order valence-corrected chi connectivity index (χ0v) is 14.3. The molecule has 0 aliphatic carbocycles. The molecule has 0 saturated carbocycles. The van der Waals surface area contributed by atoms with Crippen molar-refractivity contribution >= 4 is 11.9 Å². The van der Waals surface area contributed by atoms with Crippen molar-refractivity contribution in [2.75, 3.05) is 26.8 Å². The van der Waals surface area contributed by atoms with Crippen LogP contribution in [-0.2, 0) is 9.53 Å². The molecule has 2 heterocycles. The summed E-state index contributed by atoms with van der Waals surface area (Å²) in [7, 11) is 1.47. The Hall–Kier alpha value is -2.15. The Morgan fingerprint density at radius 3 is 2.79 bits per heavy atom. The van der Waals surface area contributed by atoms with Gasteiger partial charge in [0.15, 0.2) is 0 Å². The van der Waals surface area contributed by atoms with Gasteiger partial charge in [-0.3, -0.25) is 9.59 Å². The second kappa shape index (κ2) is 7.61. The van der Waals surface area contributed by atoms with Crippen LogP contribution in [0.15, 0.2) is 18.2 Å². The standard InChI is InChI=1S/C17H24N2O5/c1-12(2)24-14-7-4-6-13(18-14)15(20)19-9-5-8-17(10-19,11-23-3)16(21)22/h4,6-7,12H,5,8-11H2,1-3H3,(H,21,22). The molecule has 1 fully saturated rings. The fourth-order valence-electron chi connectivity index (χ4n) is 2.94.